The molecule has 7 rings (SSSR count). The molecule has 0 aromatic heterocycles. The highest BCUT2D eigenvalue weighted by molar-refractivity contribution is 5.93. The van der Waals surface area contributed by atoms with Gasteiger partial charge in [-0.1, -0.05) is 19.1 Å². The Morgan fingerprint density at radius 1 is 0.646 bits per heavy atom. The molecule has 0 bridgehead atoms. The molecule has 4 aromatic carbocycles. The molecule has 2 saturated heterocycles. The molecule has 4 aromatic rings. The predicted octanol–water partition coefficient (Wildman–Crippen LogP) is 6.04. The summed E-state index contributed by atoms with van der Waals surface area (Å²) in [5.41, 5.74) is 3.07. The maximum Gasteiger partial charge on any atom is 0.346 e. The molecule has 12 heteroatoms. The molecular formula is C36H30F2O10. The van der Waals surface area contributed by atoms with Gasteiger partial charge in [0, 0.05) is 18.1 Å². The fraction of sp³-hybridized carbons (Fsp3) is 0.278. The molecule has 3 aliphatic rings. The molecule has 0 spiro atoms. The molecule has 2 unspecified atom stereocenters. The SMILES string of the molecule is CC1c2cc(OC(=O)c3ccc(OCOCC4CO4)cc3F)ccc2-c2ccc(OC(=O)c3ccc(OCOCC4CO4)cc3F)cc21. The lowest BCUT2D eigenvalue weighted by atomic mass is 9.99. The van der Waals surface area contributed by atoms with E-state index in [2.05, 4.69) is 0 Å². The first-order valence-corrected chi connectivity index (χ1v) is 15.3. The Balaban J connectivity index is 0.965. The molecule has 2 heterocycles. The van der Waals surface area contributed by atoms with E-state index in [0.29, 0.717) is 26.4 Å². The monoisotopic (exact) mass is 660 g/mol. The standard InChI is InChI=1S/C36H30F2O10/c1-20-31-10-23(47-35(39)29-8-2-21(12-33(29)37)45-18-41-14-25-16-43-25)4-6-27(31)28-7-5-24(11-32(20)28)48-36(40)30-9-3-22(13-34(30)38)46-19-42-15-26-17-44-26/h2-13,20,25-26H,14-19H2,1H3. The van der Waals surface area contributed by atoms with Gasteiger partial charge in [-0.25, -0.2) is 18.4 Å². The van der Waals surface area contributed by atoms with Gasteiger partial charge in [-0.05, 0) is 70.8 Å². The number of benzene rings is 4. The van der Waals surface area contributed by atoms with Crippen molar-refractivity contribution in [3.05, 3.63) is 107 Å². The second kappa shape index (κ2) is 13.7. The fourth-order valence-corrected chi connectivity index (χ4v) is 5.32. The second-order valence-electron chi connectivity index (χ2n) is 11.5. The number of epoxide rings is 2. The number of ether oxygens (including phenoxy) is 8. The van der Waals surface area contributed by atoms with Crippen LogP contribution in [-0.2, 0) is 18.9 Å². The van der Waals surface area contributed by atoms with Crippen molar-refractivity contribution in [3.8, 4) is 34.1 Å². The molecule has 1 aliphatic carbocycles. The van der Waals surface area contributed by atoms with E-state index in [1.165, 1.54) is 24.3 Å². The molecule has 248 valence electrons. The van der Waals surface area contributed by atoms with Crippen molar-refractivity contribution in [1.82, 2.24) is 0 Å². The molecule has 2 fully saturated rings. The van der Waals surface area contributed by atoms with Gasteiger partial charge >= 0.3 is 11.9 Å². The van der Waals surface area contributed by atoms with Gasteiger partial charge in [0.15, 0.2) is 13.6 Å². The van der Waals surface area contributed by atoms with E-state index in [1.807, 2.05) is 19.1 Å². The largest absolute Gasteiger partial charge is 0.467 e. The Morgan fingerprint density at radius 2 is 1.06 bits per heavy atom. The van der Waals surface area contributed by atoms with Crippen molar-refractivity contribution in [1.29, 1.82) is 0 Å². The van der Waals surface area contributed by atoms with Crippen molar-refractivity contribution >= 4 is 11.9 Å². The topological polar surface area (TPSA) is 115 Å². The minimum absolute atomic E-state index is 0.0706. The molecule has 2 aliphatic heterocycles. The van der Waals surface area contributed by atoms with E-state index >= 15 is 0 Å². The molecule has 0 saturated carbocycles. The van der Waals surface area contributed by atoms with Crippen LogP contribution in [0.15, 0.2) is 72.8 Å². The highest BCUT2D eigenvalue weighted by Crippen LogP contribution is 2.47. The van der Waals surface area contributed by atoms with Crippen molar-refractivity contribution < 1.29 is 56.3 Å². The fourth-order valence-electron chi connectivity index (χ4n) is 5.32. The smallest absolute Gasteiger partial charge is 0.346 e. The Bertz CT molecular complexity index is 1720. The number of fused-ring (bicyclic) bond motifs is 3. The maximum absolute atomic E-state index is 14.8. The van der Waals surface area contributed by atoms with E-state index in [1.54, 1.807) is 24.3 Å². The van der Waals surface area contributed by atoms with Crippen molar-refractivity contribution in [2.24, 2.45) is 0 Å². The van der Waals surface area contributed by atoms with Crippen LogP contribution in [0.4, 0.5) is 8.78 Å². The van der Waals surface area contributed by atoms with Gasteiger partial charge in [0.25, 0.3) is 0 Å². The lowest BCUT2D eigenvalue weighted by Crippen LogP contribution is -2.12. The van der Waals surface area contributed by atoms with Crippen molar-refractivity contribution in [3.63, 3.8) is 0 Å². The summed E-state index contributed by atoms with van der Waals surface area (Å²) in [5.74, 6) is -2.55. The first-order valence-electron chi connectivity index (χ1n) is 15.3. The minimum atomic E-state index is -0.859. The van der Waals surface area contributed by atoms with E-state index in [-0.39, 0.29) is 65.8 Å². The number of rotatable bonds is 14. The Morgan fingerprint density at radius 3 is 1.46 bits per heavy atom. The van der Waals surface area contributed by atoms with Gasteiger partial charge in [-0.2, -0.15) is 0 Å². The van der Waals surface area contributed by atoms with E-state index < -0.39 is 23.6 Å². The third-order valence-electron chi connectivity index (χ3n) is 8.04. The van der Waals surface area contributed by atoms with Gasteiger partial charge in [0.05, 0.1) is 37.6 Å². The second-order valence-corrected chi connectivity index (χ2v) is 11.5. The average Bonchev–Trinajstić information content (AvgIpc) is 4.01. The third kappa shape index (κ3) is 7.32. The molecule has 10 nitrogen and oxygen atoms in total. The highest BCUT2D eigenvalue weighted by Gasteiger charge is 2.28. The summed E-state index contributed by atoms with van der Waals surface area (Å²) in [6.45, 7) is 3.93. The summed E-state index contributed by atoms with van der Waals surface area (Å²) in [6, 6.07) is 18.1. The first-order chi connectivity index (χ1) is 23.3. The van der Waals surface area contributed by atoms with Gasteiger partial charge in [0.2, 0.25) is 0 Å². The van der Waals surface area contributed by atoms with Crippen LogP contribution < -0.4 is 18.9 Å². The van der Waals surface area contributed by atoms with Crippen LogP contribution in [0, 0.1) is 11.6 Å². The Hall–Kier alpha value is -4.88. The molecule has 0 amide bonds. The quantitative estimate of drug-likeness (QED) is 0.0522. The van der Waals surface area contributed by atoms with Crippen LogP contribution in [0.25, 0.3) is 11.1 Å². The van der Waals surface area contributed by atoms with Gasteiger partial charge in [0.1, 0.15) is 46.8 Å². The number of carbonyl (C=O) groups is 2. The number of hydrogen-bond donors (Lipinski definition) is 0. The summed E-state index contributed by atoms with van der Waals surface area (Å²) < 4.78 is 72.0. The normalized spacial score (nSPS) is 18.4. The van der Waals surface area contributed by atoms with Crippen molar-refractivity contribution in [2.45, 2.75) is 25.0 Å². The van der Waals surface area contributed by atoms with Gasteiger partial charge < -0.3 is 37.9 Å². The highest BCUT2D eigenvalue weighted by atomic mass is 19.1. The molecular weight excluding hydrogens is 630 g/mol. The summed E-state index contributed by atoms with van der Waals surface area (Å²) in [5, 5.41) is 0. The van der Waals surface area contributed by atoms with Gasteiger partial charge in [-0.3, -0.25) is 0 Å². The van der Waals surface area contributed by atoms with Crippen LogP contribution in [-0.4, -0.2) is 64.2 Å². The van der Waals surface area contributed by atoms with Crippen LogP contribution >= 0.6 is 0 Å². The van der Waals surface area contributed by atoms with E-state index in [0.717, 1.165) is 34.4 Å². The number of esters is 2. The summed E-state index contributed by atoms with van der Waals surface area (Å²) in [6.07, 6.45) is 0.173. The summed E-state index contributed by atoms with van der Waals surface area (Å²) >= 11 is 0. The van der Waals surface area contributed by atoms with Crippen LogP contribution in [0.1, 0.15) is 44.7 Å². The Kier molecular flexibility index (Phi) is 9.04. The summed E-state index contributed by atoms with van der Waals surface area (Å²) in [7, 11) is 0. The molecule has 2 atom stereocenters. The zero-order valence-electron chi connectivity index (χ0n) is 25.7. The minimum Gasteiger partial charge on any atom is -0.467 e. The Labute approximate surface area is 274 Å². The number of hydrogen-bond acceptors (Lipinski definition) is 10. The first kappa shape index (κ1) is 31.7. The molecule has 0 radical (unpaired) electrons. The zero-order chi connectivity index (χ0) is 33.2. The van der Waals surface area contributed by atoms with Crippen LogP contribution in [0.5, 0.6) is 23.0 Å². The van der Waals surface area contributed by atoms with Gasteiger partial charge in [-0.15, -0.1) is 0 Å². The number of halogens is 2. The third-order valence-corrected chi connectivity index (χ3v) is 8.04. The number of carbonyl (C=O) groups excluding carboxylic acids is 2. The van der Waals surface area contributed by atoms with Crippen molar-refractivity contribution in [2.75, 3.05) is 40.0 Å². The lowest BCUT2D eigenvalue weighted by Gasteiger charge is -2.11. The average molecular weight is 661 g/mol. The molecule has 48 heavy (non-hydrogen) atoms. The van der Waals surface area contributed by atoms with Crippen LogP contribution in [0.2, 0.25) is 0 Å². The van der Waals surface area contributed by atoms with E-state index in [9.17, 15) is 18.4 Å². The van der Waals surface area contributed by atoms with E-state index in [4.69, 9.17) is 37.9 Å². The molecule has 0 N–H and O–H groups in total. The summed E-state index contributed by atoms with van der Waals surface area (Å²) in [4.78, 5) is 25.7. The maximum atomic E-state index is 14.8. The predicted molar refractivity (Wildman–Crippen MR) is 164 cm³/mol. The zero-order valence-corrected chi connectivity index (χ0v) is 25.7. The lowest BCUT2D eigenvalue weighted by molar-refractivity contribution is 0.00792. The van der Waals surface area contributed by atoms with Crippen LogP contribution in [0.3, 0.4) is 0 Å².